The fraction of sp³-hybridized carbons (Fsp3) is 0.0909. The van der Waals surface area contributed by atoms with Crippen LogP contribution in [0.25, 0.3) is 10.9 Å². The molecule has 74 valence electrons. The molecule has 1 heterocycles. The number of aromatic nitrogens is 1. The maximum atomic E-state index is 13.4. The van der Waals surface area contributed by atoms with Crippen molar-refractivity contribution in [3.05, 3.63) is 41.1 Å². The zero-order valence-electron chi connectivity index (χ0n) is 7.88. The van der Waals surface area contributed by atoms with Crippen molar-refractivity contribution >= 4 is 10.9 Å². The van der Waals surface area contributed by atoms with Crippen LogP contribution in [0.15, 0.2) is 18.2 Å². The Morgan fingerprint density at radius 2 is 1.93 bits per heavy atom. The average molecular weight is 204 g/mol. The largest absolute Gasteiger partial charge is 0.250 e. The van der Waals surface area contributed by atoms with Crippen molar-refractivity contribution in [3.8, 4) is 6.07 Å². The van der Waals surface area contributed by atoms with Gasteiger partial charge in [-0.3, -0.25) is 0 Å². The number of benzene rings is 1. The summed E-state index contributed by atoms with van der Waals surface area (Å²) in [6, 6.07) is 5.27. The van der Waals surface area contributed by atoms with Crippen molar-refractivity contribution in [2.24, 2.45) is 0 Å². The van der Waals surface area contributed by atoms with Gasteiger partial charge in [0.15, 0.2) is 0 Å². The Balaban J connectivity index is 3.03. The van der Waals surface area contributed by atoms with Crippen LogP contribution >= 0.6 is 0 Å². The second-order valence-electron chi connectivity index (χ2n) is 3.18. The highest BCUT2D eigenvalue weighted by molar-refractivity contribution is 5.85. The summed E-state index contributed by atoms with van der Waals surface area (Å²) >= 11 is 0. The summed E-state index contributed by atoms with van der Waals surface area (Å²) in [5.41, 5.74) is 0.504. The number of nitrogens with zero attached hydrogens (tertiary/aromatic N) is 2. The third-order valence-electron chi connectivity index (χ3n) is 2.11. The number of nitriles is 1. The summed E-state index contributed by atoms with van der Waals surface area (Å²) in [6.45, 7) is 1.63. The zero-order chi connectivity index (χ0) is 11.0. The van der Waals surface area contributed by atoms with Gasteiger partial charge in [0.1, 0.15) is 23.2 Å². The molecule has 0 spiro atoms. The number of aryl methyl sites for hydroxylation is 1. The second-order valence-corrected chi connectivity index (χ2v) is 3.18. The van der Waals surface area contributed by atoms with Gasteiger partial charge in [0.2, 0.25) is 0 Å². The molecule has 0 N–H and O–H groups in total. The maximum Gasteiger partial charge on any atom is 0.149 e. The Labute approximate surface area is 84.8 Å². The van der Waals surface area contributed by atoms with Gasteiger partial charge in [-0.05, 0) is 25.1 Å². The van der Waals surface area contributed by atoms with Crippen molar-refractivity contribution in [3.63, 3.8) is 0 Å². The van der Waals surface area contributed by atoms with E-state index in [-0.39, 0.29) is 16.5 Å². The highest BCUT2D eigenvalue weighted by atomic mass is 19.1. The number of halogens is 2. The fourth-order valence-electron chi connectivity index (χ4n) is 1.48. The molecule has 0 fully saturated rings. The van der Waals surface area contributed by atoms with Crippen LogP contribution in [0.4, 0.5) is 8.78 Å². The second kappa shape index (κ2) is 3.28. The lowest BCUT2D eigenvalue weighted by atomic mass is 10.1. The van der Waals surface area contributed by atoms with Gasteiger partial charge < -0.3 is 0 Å². The molecule has 0 aliphatic heterocycles. The summed E-state index contributed by atoms with van der Waals surface area (Å²) in [6.07, 6.45) is 0. The van der Waals surface area contributed by atoms with Crippen LogP contribution in [0.2, 0.25) is 0 Å². The predicted octanol–water partition coefficient (Wildman–Crippen LogP) is 2.69. The number of rotatable bonds is 0. The minimum absolute atomic E-state index is 0.0527. The Hall–Kier alpha value is -2.02. The molecule has 0 unspecified atom stereocenters. The van der Waals surface area contributed by atoms with Crippen LogP contribution in [0.3, 0.4) is 0 Å². The number of pyridine rings is 1. The van der Waals surface area contributed by atoms with Crippen LogP contribution in [-0.2, 0) is 0 Å². The van der Waals surface area contributed by atoms with E-state index in [4.69, 9.17) is 5.26 Å². The molecule has 0 aliphatic rings. The summed E-state index contributed by atoms with van der Waals surface area (Å²) in [5.74, 6) is -1.25. The summed E-state index contributed by atoms with van der Waals surface area (Å²) in [5, 5.41) is 8.76. The van der Waals surface area contributed by atoms with Gasteiger partial charge >= 0.3 is 0 Å². The first kappa shape index (κ1) is 9.53. The molecule has 2 aromatic rings. The predicted molar refractivity (Wildman–Crippen MR) is 51.1 cm³/mol. The van der Waals surface area contributed by atoms with E-state index in [9.17, 15) is 8.78 Å². The zero-order valence-corrected chi connectivity index (χ0v) is 7.88. The van der Waals surface area contributed by atoms with Gasteiger partial charge in [-0.1, -0.05) is 0 Å². The molecular weight excluding hydrogens is 198 g/mol. The lowest BCUT2D eigenvalue weighted by Gasteiger charge is -2.03. The minimum atomic E-state index is -0.629. The van der Waals surface area contributed by atoms with Crippen molar-refractivity contribution in [2.75, 3.05) is 0 Å². The van der Waals surface area contributed by atoms with Crippen molar-refractivity contribution in [1.29, 1.82) is 5.26 Å². The van der Waals surface area contributed by atoms with Gasteiger partial charge in [-0.25, -0.2) is 13.8 Å². The van der Waals surface area contributed by atoms with E-state index in [1.165, 1.54) is 6.07 Å². The highest BCUT2D eigenvalue weighted by Crippen LogP contribution is 2.23. The SMILES string of the molecule is Cc1cc(C#N)c2c(F)ccc(F)c2n1. The number of hydrogen-bond acceptors (Lipinski definition) is 2. The molecule has 1 aromatic carbocycles. The molecule has 0 bridgehead atoms. The maximum absolute atomic E-state index is 13.4. The molecule has 15 heavy (non-hydrogen) atoms. The molecule has 0 radical (unpaired) electrons. The Bertz CT molecular complexity index is 585. The normalized spacial score (nSPS) is 10.3. The first-order valence-electron chi connectivity index (χ1n) is 4.29. The first-order chi connectivity index (χ1) is 7.13. The van der Waals surface area contributed by atoms with Crippen LogP contribution < -0.4 is 0 Å². The minimum Gasteiger partial charge on any atom is -0.250 e. The Kier molecular flexibility index (Phi) is 2.09. The van der Waals surface area contributed by atoms with Crippen molar-refractivity contribution in [2.45, 2.75) is 6.92 Å². The topological polar surface area (TPSA) is 36.7 Å². The molecule has 1 aromatic heterocycles. The molecule has 4 heteroatoms. The van der Waals surface area contributed by atoms with Gasteiger partial charge in [0, 0.05) is 5.69 Å². The van der Waals surface area contributed by atoms with Gasteiger partial charge in [-0.15, -0.1) is 0 Å². The lowest BCUT2D eigenvalue weighted by Crippen LogP contribution is -1.94. The monoisotopic (exact) mass is 204 g/mol. The lowest BCUT2D eigenvalue weighted by molar-refractivity contribution is 0.615. The summed E-state index contributed by atoms with van der Waals surface area (Å²) in [7, 11) is 0. The average Bonchev–Trinajstić information content (AvgIpc) is 2.22. The molecule has 0 saturated heterocycles. The van der Waals surface area contributed by atoms with Gasteiger partial charge in [-0.2, -0.15) is 5.26 Å². The number of fused-ring (bicyclic) bond motifs is 1. The van der Waals surface area contributed by atoms with E-state index in [0.29, 0.717) is 5.69 Å². The van der Waals surface area contributed by atoms with Crippen LogP contribution in [0.1, 0.15) is 11.3 Å². The third-order valence-corrected chi connectivity index (χ3v) is 2.11. The molecule has 0 amide bonds. The molecule has 0 atom stereocenters. The first-order valence-corrected chi connectivity index (χ1v) is 4.29. The Morgan fingerprint density at radius 1 is 1.27 bits per heavy atom. The van der Waals surface area contributed by atoms with E-state index in [0.717, 1.165) is 12.1 Å². The third kappa shape index (κ3) is 1.42. The van der Waals surface area contributed by atoms with E-state index in [1.54, 1.807) is 6.92 Å². The Morgan fingerprint density at radius 3 is 2.60 bits per heavy atom. The van der Waals surface area contributed by atoms with Crippen molar-refractivity contribution in [1.82, 2.24) is 4.98 Å². The van der Waals surface area contributed by atoms with Crippen LogP contribution in [-0.4, -0.2) is 4.98 Å². The van der Waals surface area contributed by atoms with Crippen molar-refractivity contribution < 1.29 is 8.78 Å². The fourth-order valence-corrected chi connectivity index (χ4v) is 1.48. The summed E-state index contributed by atoms with van der Waals surface area (Å²) in [4.78, 5) is 3.88. The van der Waals surface area contributed by atoms with Crippen LogP contribution in [0.5, 0.6) is 0 Å². The molecule has 0 aliphatic carbocycles. The van der Waals surface area contributed by atoms with Gasteiger partial charge in [0.25, 0.3) is 0 Å². The van der Waals surface area contributed by atoms with E-state index in [1.807, 2.05) is 6.07 Å². The standard InChI is InChI=1S/C11H6F2N2/c1-6-4-7(5-14)10-8(12)2-3-9(13)11(10)15-6/h2-4H,1H3. The molecular formula is C11H6F2N2. The molecule has 0 saturated carbocycles. The molecule has 2 rings (SSSR count). The van der Waals surface area contributed by atoms with E-state index >= 15 is 0 Å². The smallest absolute Gasteiger partial charge is 0.149 e. The van der Waals surface area contributed by atoms with E-state index in [2.05, 4.69) is 4.98 Å². The van der Waals surface area contributed by atoms with E-state index < -0.39 is 11.6 Å². The van der Waals surface area contributed by atoms with Gasteiger partial charge in [0.05, 0.1) is 10.9 Å². The summed E-state index contributed by atoms with van der Waals surface area (Å²) < 4.78 is 26.7. The van der Waals surface area contributed by atoms with Crippen LogP contribution in [0, 0.1) is 29.9 Å². The quantitative estimate of drug-likeness (QED) is 0.661. The molecule has 2 nitrogen and oxygen atoms in total. The highest BCUT2D eigenvalue weighted by Gasteiger charge is 2.12. The number of hydrogen-bond donors (Lipinski definition) is 0.